The molecule has 1 saturated heterocycles. The van der Waals surface area contributed by atoms with Crippen LogP contribution in [0, 0.1) is 6.92 Å². The summed E-state index contributed by atoms with van der Waals surface area (Å²) in [6, 6.07) is 16.1. The fourth-order valence-corrected chi connectivity index (χ4v) is 3.02. The van der Waals surface area contributed by atoms with E-state index in [1.807, 2.05) is 48.2 Å². The Hall–Kier alpha value is -2.40. The van der Waals surface area contributed by atoms with Gasteiger partial charge in [-0.25, -0.2) is 0 Å². The Morgan fingerprint density at radius 1 is 1.21 bits per heavy atom. The Morgan fingerprint density at radius 2 is 2.00 bits per heavy atom. The van der Waals surface area contributed by atoms with Gasteiger partial charge in [-0.3, -0.25) is 4.79 Å². The van der Waals surface area contributed by atoms with Gasteiger partial charge in [-0.05, 0) is 48.8 Å². The first-order valence-corrected chi connectivity index (χ1v) is 8.54. The summed E-state index contributed by atoms with van der Waals surface area (Å²) in [5.74, 6) is 0.194. The van der Waals surface area contributed by atoms with E-state index in [9.17, 15) is 4.79 Å². The molecule has 0 unspecified atom stereocenters. The number of benzene rings is 2. The van der Waals surface area contributed by atoms with E-state index in [2.05, 4.69) is 22.8 Å². The number of carbonyl (C=O) groups is 1. The minimum atomic E-state index is 0.194. The Labute approximate surface area is 147 Å². The molecule has 0 aromatic heterocycles. The van der Waals surface area contributed by atoms with Crippen molar-refractivity contribution < 1.29 is 4.79 Å². The molecule has 1 aliphatic rings. The van der Waals surface area contributed by atoms with Crippen molar-refractivity contribution >= 4 is 34.6 Å². The summed E-state index contributed by atoms with van der Waals surface area (Å²) in [6.07, 6.45) is 1.56. The first-order chi connectivity index (χ1) is 11.6. The lowest BCUT2D eigenvalue weighted by atomic mass is 10.1. The number of aryl methyl sites for hydroxylation is 1. The molecule has 1 fully saturated rings. The summed E-state index contributed by atoms with van der Waals surface area (Å²) in [5.41, 5.74) is 4.13. The molecule has 0 aliphatic carbocycles. The standard InChI is InChI=1S/C19H21N3OS/c1-14-9-10-16(12-17(14)22-11-5-8-18(22)23)21-19(24)20-13-15-6-3-2-4-7-15/h2-4,6-7,9-10,12H,5,8,11,13H2,1H3,(H2,20,21,24). The first-order valence-electron chi connectivity index (χ1n) is 8.13. The van der Waals surface area contributed by atoms with Gasteiger partial charge in [0, 0.05) is 30.9 Å². The van der Waals surface area contributed by atoms with Gasteiger partial charge in [-0.1, -0.05) is 36.4 Å². The molecule has 2 aromatic carbocycles. The molecule has 0 bridgehead atoms. The van der Waals surface area contributed by atoms with Gasteiger partial charge in [0.2, 0.25) is 5.91 Å². The van der Waals surface area contributed by atoms with E-state index >= 15 is 0 Å². The average molecular weight is 339 g/mol. The molecule has 0 spiro atoms. The number of nitrogens with zero attached hydrogens (tertiary/aromatic N) is 1. The molecule has 0 atom stereocenters. The summed E-state index contributed by atoms with van der Waals surface area (Å²) >= 11 is 5.37. The van der Waals surface area contributed by atoms with E-state index in [0.717, 1.165) is 29.9 Å². The molecule has 124 valence electrons. The van der Waals surface area contributed by atoms with Gasteiger partial charge in [0.1, 0.15) is 0 Å². The maximum Gasteiger partial charge on any atom is 0.227 e. The van der Waals surface area contributed by atoms with Crippen molar-refractivity contribution in [2.45, 2.75) is 26.3 Å². The van der Waals surface area contributed by atoms with Crippen molar-refractivity contribution in [3.8, 4) is 0 Å². The predicted octanol–water partition coefficient (Wildman–Crippen LogP) is 3.61. The zero-order valence-corrected chi connectivity index (χ0v) is 14.5. The molecule has 1 heterocycles. The van der Waals surface area contributed by atoms with Crippen LogP contribution in [0.4, 0.5) is 11.4 Å². The van der Waals surface area contributed by atoms with Gasteiger partial charge in [0.25, 0.3) is 0 Å². The second-order valence-corrected chi connectivity index (χ2v) is 6.35. The largest absolute Gasteiger partial charge is 0.358 e. The topological polar surface area (TPSA) is 44.4 Å². The molecule has 4 nitrogen and oxygen atoms in total. The zero-order valence-electron chi connectivity index (χ0n) is 13.7. The van der Waals surface area contributed by atoms with Crippen LogP contribution in [0.2, 0.25) is 0 Å². The molecule has 5 heteroatoms. The lowest BCUT2D eigenvalue weighted by Crippen LogP contribution is -2.28. The highest BCUT2D eigenvalue weighted by Crippen LogP contribution is 2.28. The van der Waals surface area contributed by atoms with E-state index in [1.54, 1.807) is 0 Å². The van der Waals surface area contributed by atoms with Crippen LogP contribution in [0.15, 0.2) is 48.5 Å². The summed E-state index contributed by atoms with van der Waals surface area (Å²) in [4.78, 5) is 13.8. The van der Waals surface area contributed by atoms with Crippen LogP contribution >= 0.6 is 12.2 Å². The smallest absolute Gasteiger partial charge is 0.227 e. The quantitative estimate of drug-likeness (QED) is 0.835. The molecule has 0 radical (unpaired) electrons. The fourth-order valence-electron chi connectivity index (χ4n) is 2.83. The zero-order chi connectivity index (χ0) is 16.9. The van der Waals surface area contributed by atoms with E-state index in [-0.39, 0.29) is 5.91 Å². The van der Waals surface area contributed by atoms with Crippen molar-refractivity contribution in [1.29, 1.82) is 0 Å². The Balaban J connectivity index is 1.64. The molecule has 1 aliphatic heterocycles. The minimum absolute atomic E-state index is 0.194. The summed E-state index contributed by atoms with van der Waals surface area (Å²) in [7, 11) is 0. The first kappa shape index (κ1) is 16.5. The second-order valence-electron chi connectivity index (χ2n) is 5.94. The molecular weight excluding hydrogens is 318 g/mol. The van der Waals surface area contributed by atoms with Gasteiger partial charge in [-0.15, -0.1) is 0 Å². The Bertz CT molecular complexity index is 746. The third kappa shape index (κ3) is 3.92. The van der Waals surface area contributed by atoms with Gasteiger partial charge in [-0.2, -0.15) is 0 Å². The van der Waals surface area contributed by atoms with Crippen molar-refractivity contribution in [2.75, 3.05) is 16.8 Å². The van der Waals surface area contributed by atoms with Crippen LogP contribution < -0.4 is 15.5 Å². The Morgan fingerprint density at radius 3 is 2.71 bits per heavy atom. The highest BCUT2D eigenvalue weighted by Gasteiger charge is 2.23. The van der Waals surface area contributed by atoms with E-state index < -0.39 is 0 Å². The fraction of sp³-hybridized carbons (Fsp3) is 0.263. The number of nitrogens with one attached hydrogen (secondary N) is 2. The van der Waals surface area contributed by atoms with Crippen LogP contribution in [-0.4, -0.2) is 17.6 Å². The van der Waals surface area contributed by atoms with E-state index in [0.29, 0.717) is 18.1 Å². The molecule has 1 amide bonds. The lowest BCUT2D eigenvalue weighted by Gasteiger charge is -2.20. The lowest BCUT2D eigenvalue weighted by molar-refractivity contribution is -0.117. The number of thiocarbonyl (C=S) groups is 1. The van der Waals surface area contributed by atoms with Crippen molar-refractivity contribution in [1.82, 2.24) is 5.32 Å². The molecule has 2 N–H and O–H groups in total. The third-order valence-corrected chi connectivity index (χ3v) is 4.37. The number of anilines is 2. The summed E-state index contributed by atoms with van der Waals surface area (Å²) < 4.78 is 0. The highest BCUT2D eigenvalue weighted by molar-refractivity contribution is 7.80. The summed E-state index contributed by atoms with van der Waals surface area (Å²) in [6.45, 7) is 3.49. The number of rotatable bonds is 4. The van der Waals surface area contributed by atoms with Crippen LogP contribution in [0.5, 0.6) is 0 Å². The number of hydrogen-bond acceptors (Lipinski definition) is 2. The predicted molar refractivity (Wildman–Crippen MR) is 102 cm³/mol. The van der Waals surface area contributed by atoms with Gasteiger partial charge in [0.15, 0.2) is 5.11 Å². The number of amides is 1. The van der Waals surface area contributed by atoms with Crippen LogP contribution in [0.3, 0.4) is 0 Å². The van der Waals surface area contributed by atoms with Crippen LogP contribution in [-0.2, 0) is 11.3 Å². The molecule has 0 saturated carbocycles. The monoisotopic (exact) mass is 339 g/mol. The Kier molecular flexibility index (Phi) is 5.11. The van der Waals surface area contributed by atoms with Crippen LogP contribution in [0.1, 0.15) is 24.0 Å². The second kappa shape index (κ2) is 7.45. The van der Waals surface area contributed by atoms with Gasteiger partial charge in [0.05, 0.1) is 0 Å². The maximum atomic E-state index is 12.0. The van der Waals surface area contributed by atoms with Crippen molar-refractivity contribution in [2.24, 2.45) is 0 Å². The molecule has 3 rings (SSSR count). The molecular formula is C19H21N3OS. The van der Waals surface area contributed by atoms with Crippen molar-refractivity contribution in [3.63, 3.8) is 0 Å². The van der Waals surface area contributed by atoms with Crippen LogP contribution in [0.25, 0.3) is 0 Å². The summed E-state index contributed by atoms with van der Waals surface area (Å²) in [5, 5.41) is 6.97. The average Bonchev–Trinajstić information content (AvgIpc) is 3.01. The SMILES string of the molecule is Cc1ccc(NC(=S)NCc2ccccc2)cc1N1CCCC1=O. The third-order valence-electron chi connectivity index (χ3n) is 4.13. The number of hydrogen-bond donors (Lipinski definition) is 2. The minimum Gasteiger partial charge on any atom is -0.358 e. The van der Waals surface area contributed by atoms with E-state index in [4.69, 9.17) is 12.2 Å². The molecule has 24 heavy (non-hydrogen) atoms. The highest BCUT2D eigenvalue weighted by atomic mass is 32.1. The number of carbonyl (C=O) groups excluding carboxylic acids is 1. The van der Waals surface area contributed by atoms with Gasteiger partial charge >= 0.3 is 0 Å². The maximum absolute atomic E-state index is 12.0. The van der Waals surface area contributed by atoms with Crippen molar-refractivity contribution in [3.05, 3.63) is 59.7 Å². The molecule has 2 aromatic rings. The normalized spacial score (nSPS) is 13.9. The van der Waals surface area contributed by atoms with Gasteiger partial charge < -0.3 is 15.5 Å². The van der Waals surface area contributed by atoms with E-state index in [1.165, 1.54) is 5.56 Å².